The molecular formula is C11H16O4. The lowest BCUT2D eigenvalue weighted by Gasteiger charge is -2.24. The van der Waals surface area contributed by atoms with Gasteiger partial charge in [0, 0.05) is 5.92 Å². The molecule has 1 fully saturated rings. The second kappa shape index (κ2) is 4.57. The number of esters is 2. The summed E-state index contributed by atoms with van der Waals surface area (Å²) in [6.07, 6.45) is 4.84. The molecule has 2 unspecified atom stereocenters. The van der Waals surface area contributed by atoms with Gasteiger partial charge >= 0.3 is 11.9 Å². The molecule has 1 aliphatic rings. The van der Waals surface area contributed by atoms with Gasteiger partial charge in [-0.25, -0.2) is 4.79 Å². The zero-order valence-corrected chi connectivity index (χ0v) is 9.03. The standard InChI is InChI=1S/C11H16O4/c1-3-5-6-8(4-2)11(14)7-9(12)15-10(11)13/h5-6,8,14H,3-4,7H2,1-2H3. The highest BCUT2D eigenvalue weighted by Crippen LogP contribution is 2.32. The summed E-state index contributed by atoms with van der Waals surface area (Å²) in [5.74, 6) is -1.82. The van der Waals surface area contributed by atoms with E-state index in [1.165, 1.54) is 0 Å². The van der Waals surface area contributed by atoms with Gasteiger partial charge in [-0.05, 0) is 12.8 Å². The first kappa shape index (κ1) is 11.9. The molecule has 0 radical (unpaired) electrons. The summed E-state index contributed by atoms with van der Waals surface area (Å²) in [6, 6.07) is 0. The second-order valence-corrected chi connectivity index (χ2v) is 3.71. The highest BCUT2D eigenvalue weighted by Gasteiger charge is 2.51. The average molecular weight is 212 g/mol. The smallest absolute Gasteiger partial charge is 0.346 e. The maximum Gasteiger partial charge on any atom is 0.346 e. The fourth-order valence-electron chi connectivity index (χ4n) is 1.74. The summed E-state index contributed by atoms with van der Waals surface area (Å²) in [5.41, 5.74) is -1.66. The Balaban J connectivity index is 2.87. The molecule has 1 rings (SSSR count). The number of aliphatic hydroxyl groups is 1. The van der Waals surface area contributed by atoms with Crippen molar-refractivity contribution in [2.24, 2.45) is 5.92 Å². The van der Waals surface area contributed by atoms with Gasteiger partial charge in [-0.3, -0.25) is 4.79 Å². The number of carbonyl (C=O) groups excluding carboxylic acids is 2. The van der Waals surface area contributed by atoms with Crippen LogP contribution in [0.5, 0.6) is 0 Å². The molecule has 2 atom stereocenters. The van der Waals surface area contributed by atoms with Crippen molar-refractivity contribution in [2.75, 3.05) is 0 Å². The summed E-state index contributed by atoms with van der Waals surface area (Å²) in [7, 11) is 0. The maximum atomic E-state index is 11.3. The van der Waals surface area contributed by atoms with Crippen LogP contribution in [0.2, 0.25) is 0 Å². The molecule has 1 aliphatic heterocycles. The van der Waals surface area contributed by atoms with Gasteiger partial charge in [-0.1, -0.05) is 26.0 Å². The number of rotatable bonds is 4. The molecule has 1 N–H and O–H groups in total. The molecule has 4 nitrogen and oxygen atoms in total. The van der Waals surface area contributed by atoms with Crippen LogP contribution >= 0.6 is 0 Å². The predicted octanol–water partition coefficient (Wildman–Crippen LogP) is 1.18. The molecular weight excluding hydrogens is 196 g/mol. The molecule has 0 aromatic heterocycles. The van der Waals surface area contributed by atoms with Gasteiger partial charge in [0.05, 0.1) is 6.42 Å². The Morgan fingerprint density at radius 1 is 1.53 bits per heavy atom. The van der Waals surface area contributed by atoms with Crippen LogP contribution in [-0.2, 0) is 14.3 Å². The Labute approximate surface area is 88.9 Å². The summed E-state index contributed by atoms with van der Waals surface area (Å²) < 4.78 is 4.38. The van der Waals surface area contributed by atoms with Crippen LogP contribution in [0.1, 0.15) is 33.1 Å². The molecule has 0 spiro atoms. The Bertz CT molecular complexity index is 295. The number of ether oxygens (including phenoxy) is 1. The number of hydrogen-bond acceptors (Lipinski definition) is 4. The van der Waals surface area contributed by atoms with E-state index in [9.17, 15) is 14.7 Å². The van der Waals surface area contributed by atoms with Crippen LogP contribution in [-0.4, -0.2) is 22.6 Å². The van der Waals surface area contributed by atoms with Crippen LogP contribution < -0.4 is 0 Å². The van der Waals surface area contributed by atoms with E-state index in [2.05, 4.69) is 4.74 Å². The van der Waals surface area contributed by atoms with Crippen LogP contribution in [0.4, 0.5) is 0 Å². The third-order valence-corrected chi connectivity index (χ3v) is 2.63. The van der Waals surface area contributed by atoms with Gasteiger partial charge in [0.15, 0.2) is 5.60 Å². The molecule has 0 aromatic carbocycles. The summed E-state index contributed by atoms with van der Waals surface area (Å²) in [5, 5.41) is 10.1. The number of hydrogen-bond donors (Lipinski definition) is 1. The van der Waals surface area contributed by atoms with Crippen molar-refractivity contribution < 1.29 is 19.4 Å². The third-order valence-electron chi connectivity index (χ3n) is 2.63. The molecule has 1 heterocycles. The monoisotopic (exact) mass is 212 g/mol. The Kier molecular flexibility index (Phi) is 3.63. The van der Waals surface area contributed by atoms with Gasteiger partial charge in [0.25, 0.3) is 0 Å². The van der Waals surface area contributed by atoms with E-state index < -0.39 is 17.5 Å². The van der Waals surface area contributed by atoms with Crippen LogP contribution in [0, 0.1) is 5.92 Å². The zero-order chi connectivity index (χ0) is 11.5. The van der Waals surface area contributed by atoms with E-state index in [0.717, 1.165) is 6.42 Å². The topological polar surface area (TPSA) is 63.6 Å². The van der Waals surface area contributed by atoms with Gasteiger partial charge in [-0.2, -0.15) is 0 Å². The zero-order valence-electron chi connectivity index (χ0n) is 9.03. The second-order valence-electron chi connectivity index (χ2n) is 3.71. The molecule has 1 saturated heterocycles. The first-order valence-corrected chi connectivity index (χ1v) is 5.18. The number of cyclic esters (lactones) is 2. The van der Waals surface area contributed by atoms with Crippen LogP contribution in [0.15, 0.2) is 12.2 Å². The fraction of sp³-hybridized carbons (Fsp3) is 0.636. The Hall–Kier alpha value is -1.16. The van der Waals surface area contributed by atoms with E-state index in [4.69, 9.17) is 0 Å². The molecule has 15 heavy (non-hydrogen) atoms. The molecule has 0 saturated carbocycles. The average Bonchev–Trinajstić information content (AvgIpc) is 2.42. The van der Waals surface area contributed by atoms with Gasteiger partial charge in [0.1, 0.15) is 0 Å². The highest BCUT2D eigenvalue weighted by atomic mass is 16.6. The normalized spacial score (nSPS) is 28.5. The summed E-state index contributed by atoms with van der Waals surface area (Å²) >= 11 is 0. The van der Waals surface area contributed by atoms with Crippen molar-refractivity contribution in [2.45, 2.75) is 38.7 Å². The van der Waals surface area contributed by atoms with Crippen molar-refractivity contribution in [3.05, 3.63) is 12.2 Å². The highest BCUT2D eigenvalue weighted by molar-refractivity contribution is 5.99. The Morgan fingerprint density at radius 3 is 2.60 bits per heavy atom. The van der Waals surface area contributed by atoms with E-state index in [1.54, 1.807) is 6.08 Å². The van der Waals surface area contributed by atoms with E-state index in [-0.39, 0.29) is 12.3 Å². The SMILES string of the molecule is CCC=CC(CC)C1(O)CC(=O)OC1=O. The Morgan fingerprint density at radius 2 is 2.20 bits per heavy atom. The minimum Gasteiger partial charge on any atom is -0.391 e. The molecule has 84 valence electrons. The summed E-state index contributed by atoms with van der Waals surface area (Å²) in [4.78, 5) is 22.3. The van der Waals surface area contributed by atoms with E-state index in [1.807, 2.05) is 19.9 Å². The van der Waals surface area contributed by atoms with Crippen molar-refractivity contribution in [3.8, 4) is 0 Å². The quantitative estimate of drug-likeness (QED) is 0.432. The van der Waals surface area contributed by atoms with Gasteiger partial charge in [-0.15, -0.1) is 0 Å². The van der Waals surface area contributed by atoms with Gasteiger partial charge in [0.2, 0.25) is 0 Å². The van der Waals surface area contributed by atoms with Crippen molar-refractivity contribution >= 4 is 11.9 Å². The minimum absolute atomic E-state index is 0.238. The van der Waals surface area contributed by atoms with Gasteiger partial charge < -0.3 is 9.84 Å². The molecule has 4 heteroatoms. The molecule has 0 aromatic rings. The number of allylic oxidation sites excluding steroid dienone is 1. The first-order valence-electron chi connectivity index (χ1n) is 5.18. The number of carbonyl (C=O) groups is 2. The van der Waals surface area contributed by atoms with Crippen molar-refractivity contribution in [1.29, 1.82) is 0 Å². The van der Waals surface area contributed by atoms with Crippen molar-refractivity contribution in [3.63, 3.8) is 0 Å². The lowest BCUT2D eigenvalue weighted by atomic mass is 9.83. The third kappa shape index (κ3) is 2.26. The lowest BCUT2D eigenvalue weighted by Crippen LogP contribution is -2.41. The van der Waals surface area contributed by atoms with Crippen molar-refractivity contribution in [1.82, 2.24) is 0 Å². The minimum atomic E-state index is -1.66. The van der Waals surface area contributed by atoms with Crippen LogP contribution in [0.25, 0.3) is 0 Å². The molecule has 0 bridgehead atoms. The first-order chi connectivity index (χ1) is 7.04. The van der Waals surface area contributed by atoms with E-state index in [0.29, 0.717) is 6.42 Å². The fourth-order valence-corrected chi connectivity index (χ4v) is 1.74. The van der Waals surface area contributed by atoms with E-state index >= 15 is 0 Å². The van der Waals surface area contributed by atoms with Crippen LogP contribution in [0.3, 0.4) is 0 Å². The summed E-state index contributed by atoms with van der Waals surface area (Å²) in [6.45, 7) is 3.82. The molecule has 0 amide bonds. The lowest BCUT2D eigenvalue weighted by molar-refractivity contribution is -0.160. The predicted molar refractivity (Wildman–Crippen MR) is 53.9 cm³/mol. The maximum absolute atomic E-state index is 11.3. The largest absolute Gasteiger partial charge is 0.391 e. The molecule has 0 aliphatic carbocycles.